The molecule has 0 saturated carbocycles. The number of pyridine rings is 1. The van der Waals surface area contributed by atoms with Crippen LogP contribution in [0.25, 0.3) is 22.0 Å². The number of carbonyl (C=O) groups excluding carboxylic acids is 1. The molecule has 0 atom stereocenters. The molecule has 1 N–H and O–H groups in total. The van der Waals surface area contributed by atoms with Gasteiger partial charge in [0.05, 0.1) is 7.11 Å². The van der Waals surface area contributed by atoms with Gasteiger partial charge >= 0.3 is 6.09 Å². The lowest BCUT2D eigenvalue weighted by molar-refractivity contribution is 0.151. The topological polar surface area (TPSA) is 60.5 Å². The molecule has 0 bridgehead atoms. The minimum Gasteiger partial charge on any atom is -0.494 e. The highest BCUT2D eigenvalue weighted by Gasteiger charge is 2.20. The highest BCUT2D eigenvalue weighted by Crippen LogP contribution is 2.37. The van der Waals surface area contributed by atoms with Crippen molar-refractivity contribution in [1.82, 2.24) is 4.98 Å². The van der Waals surface area contributed by atoms with Crippen LogP contribution in [0.4, 0.5) is 10.6 Å². The fourth-order valence-electron chi connectivity index (χ4n) is 2.60. The zero-order chi connectivity index (χ0) is 15.1. The van der Waals surface area contributed by atoms with Gasteiger partial charge in [0.25, 0.3) is 0 Å². The summed E-state index contributed by atoms with van der Waals surface area (Å²) >= 11 is 1.65. The Hall–Kier alpha value is -2.60. The van der Waals surface area contributed by atoms with E-state index in [1.165, 1.54) is 0 Å². The van der Waals surface area contributed by atoms with E-state index in [-0.39, 0.29) is 6.61 Å². The number of aromatic nitrogens is 1. The van der Waals surface area contributed by atoms with Gasteiger partial charge in [0, 0.05) is 10.9 Å². The number of nitrogens with zero attached hydrogens (tertiary/aromatic N) is 1. The van der Waals surface area contributed by atoms with Crippen LogP contribution in [0.5, 0.6) is 5.75 Å². The van der Waals surface area contributed by atoms with E-state index in [9.17, 15) is 4.79 Å². The Morgan fingerprint density at radius 1 is 1.36 bits per heavy atom. The molecular formula is C16H12N2O3S. The molecule has 1 aromatic carbocycles. The molecule has 4 rings (SSSR count). The number of cyclic esters (lactones) is 1. The molecule has 0 radical (unpaired) electrons. The molecule has 1 aliphatic rings. The molecule has 3 heterocycles. The molecule has 0 fully saturated rings. The maximum Gasteiger partial charge on any atom is 0.413 e. The summed E-state index contributed by atoms with van der Waals surface area (Å²) in [6.45, 7) is 0.227. The van der Waals surface area contributed by atoms with Crippen LogP contribution in [0.1, 0.15) is 5.56 Å². The summed E-state index contributed by atoms with van der Waals surface area (Å²) < 4.78 is 10.4. The average Bonchev–Trinajstić information content (AvgIpc) is 3.06. The molecule has 110 valence electrons. The van der Waals surface area contributed by atoms with Crippen LogP contribution < -0.4 is 10.1 Å². The molecule has 0 aliphatic carbocycles. The monoisotopic (exact) mass is 312 g/mol. The zero-order valence-corrected chi connectivity index (χ0v) is 12.6. The number of hydrogen-bond donors (Lipinski definition) is 1. The number of carbonyl (C=O) groups is 1. The van der Waals surface area contributed by atoms with Crippen molar-refractivity contribution in [3.63, 3.8) is 0 Å². The van der Waals surface area contributed by atoms with Gasteiger partial charge in [-0.15, -0.1) is 0 Å². The first-order chi connectivity index (χ1) is 10.8. The van der Waals surface area contributed by atoms with Gasteiger partial charge in [0.2, 0.25) is 0 Å². The van der Waals surface area contributed by atoms with Gasteiger partial charge in [-0.1, -0.05) is 0 Å². The van der Waals surface area contributed by atoms with Crippen molar-refractivity contribution in [1.29, 1.82) is 0 Å². The SMILES string of the molecule is COc1ccc(-c2ccsc2)c2cc3c(nc12)NC(=O)OC3. The van der Waals surface area contributed by atoms with Gasteiger partial charge in [-0.25, -0.2) is 9.78 Å². The number of amides is 1. The largest absolute Gasteiger partial charge is 0.494 e. The van der Waals surface area contributed by atoms with Crippen LogP contribution in [0.3, 0.4) is 0 Å². The molecule has 2 aromatic heterocycles. The second-order valence-electron chi connectivity index (χ2n) is 4.92. The van der Waals surface area contributed by atoms with E-state index in [0.29, 0.717) is 11.6 Å². The van der Waals surface area contributed by atoms with E-state index < -0.39 is 6.09 Å². The van der Waals surface area contributed by atoms with Gasteiger partial charge in [0.1, 0.15) is 23.7 Å². The molecular weight excluding hydrogens is 300 g/mol. The van der Waals surface area contributed by atoms with E-state index >= 15 is 0 Å². The van der Waals surface area contributed by atoms with Crippen LogP contribution in [0.15, 0.2) is 35.0 Å². The zero-order valence-electron chi connectivity index (χ0n) is 11.8. The van der Waals surface area contributed by atoms with Crippen LogP contribution in [0, 0.1) is 0 Å². The molecule has 0 spiro atoms. The smallest absolute Gasteiger partial charge is 0.413 e. The molecule has 3 aromatic rings. The van der Waals surface area contributed by atoms with E-state index in [1.54, 1.807) is 18.4 Å². The minimum absolute atomic E-state index is 0.227. The van der Waals surface area contributed by atoms with E-state index in [4.69, 9.17) is 9.47 Å². The summed E-state index contributed by atoms with van der Waals surface area (Å²) in [5.41, 5.74) is 3.81. The van der Waals surface area contributed by atoms with Crippen molar-refractivity contribution >= 4 is 34.2 Å². The number of anilines is 1. The van der Waals surface area contributed by atoms with Gasteiger partial charge in [-0.05, 0) is 46.2 Å². The predicted molar refractivity (Wildman–Crippen MR) is 85.4 cm³/mol. The fraction of sp³-hybridized carbons (Fsp3) is 0.125. The Kier molecular flexibility index (Phi) is 2.97. The number of benzene rings is 1. The first-order valence-electron chi connectivity index (χ1n) is 6.73. The first-order valence-corrected chi connectivity index (χ1v) is 7.67. The first kappa shape index (κ1) is 13.1. The molecule has 5 nitrogen and oxygen atoms in total. The summed E-state index contributed by atoms with van der Waals surface area (Å²) in [4.78, 5) is 15.9. The Morgan fingerprint density at radius 2 is 2.27 bits per heavy atom. The summed E-state index contributed by atoms with van der Waals surface area (Å²) in [5, 5.41) is 7.75. The molecule has 22 heavy (non-hydrogen) atoms. The van der Waals surface area contributed by atoms with Crippen molar-refractivity contribution in [3.8, 4) is 16.9 Å². The van der Waals surface area contributed by atoms with Crippen LogP contribution in [-0.4, -0.2) is 18.2 Å². The quantitative estimate of drug-likeness (QED) is 0.776. The number of fused-ring (bicyclic) bond motifs is 2. The standard InChI is InChI=1S/C16H12N2O3S/c1-20-13-3-2-11(9-4-5-22-8-9)12-6-10-7-21-16(19)18-15(10)17-14(12)13/h2-6,8H,7H2,1H3,(H,17,18,19). The second kappa shape index (κ2) is 4.99. The number of nitrogens with one attached hydrogen (secondary N) is 1. The lowest BCUT2D eigenvalue weighted by Crippen LogP contribution is -2.21. The number of rotatable bonds is 2. The van der Waals surface area contributed by atoms with Gasteiger partial charge in [0.15, 0.2) is 0 Å². The molecule has 1 aliphatic heterocycles. The van der Waals surface area contributed by atoms with Crippen molar-refractivity contribution < 1.29 is 14.3 Å². The van der Waals surface area contributed by atoms with Crippen LogP contribution in [-0.2, 0) is 11.3 Å². The van der Waals surface area contributed by atoms with Crippen molar-refractivity contribution in [2.75, 3.05) is 12.4 Å². The third-order valence-corrected chi connectivity index (χ3v) is 4.34. The lowest BCUT2D eigenvalue weighted by atomic mass is 10.0. The molecule has 6 heteroatoms. The summed E-state index contributed by atoms with van der Waals surface area (Å²) in [6.07, 6.45) is -0.479. The number of ether oxygens (including phenoxy) is 2. The van der Waals surface area contributed by atoms with E-state index in [0.717, 1.165) is 27.6 Å². The number of hydrogen-bond acceptors (Lipinski definition) is 5. The van der Waals surface area contributed by atoms with Gasteiger partial charge in [-0.3, -0.25) is 5.32 Å². The van der Waals surface area contributed by atoms with Crippen LogP contribution >= 0.6 is 11.3 Å². The third-order valence-electron chi connectivity index (χ3n) is 3.66. The summed E-state index contributed by atoms with van der Waals surface area (Å²) in [7, 11) is 1.61. The second-order valence-corrected chi connectivity index (χ2v) is 5.70. The Balaban J connectivity index is 2.02. The normalized spacial score (nSPS) is 13.4. The summed E-state index contributed by atoms with van der Waals surface area (Å²) in [5.74, 6) is 1.21. The number of thiophene rings is 1. The van der Waals surface area contributed by atoms with Gasteiger partial charge in [-0.2, -0.15) is 11.3 Å². The number of methoxy groups -OCH3 is 1. The average molecular weight is 312 g/mol. The maximum atomic E-state index is 11.4. The van der Waals surface area contributed by atoms with E-state index in [1.807, 2.05) is 23.6 Å². The highest BCUT2D eigenvalue weighted by atomic mass is 32.1. The summed E-state index contributed by atoms with van der Waals surface area (Å²) in [6, 6.07) is 8.01. The van der Waals surface area contributed by atoms with Gasteiger partial charge < -0.3 is 9.47 Å². The Bertz CT molecular complexity index is 875. The Labute approximate surface area is 130 Å². The molecule has 0 unspecified atom stereocenters. The minimum atomic E-state index is -0.479. The van der Waals surface area contributed by atoms with Crippen LogP contribution in [0.2, 0.25) is 0 Å². The lowest BCUT2D eigenvalue weighted by Gasteiger charge is -2.18. The van der Waals surface area contributed by atoms with E-state index in [2.05, 4.69) is 21.7 Å². The maximum absolute atomic E-state index is 11.4. The Morgan fingerprint density at radius 3 is 3.05 bits per heavy atom. The molecule has 0 saturated heterocycles. The fourth-order valence-corrected chi connectivity index (χ4v) is 3.26. The van der Waals surface area contributed by atoms with Crippen molar-refractivity contribution in [2.24, 2.45) is 0 Å². The van der Waals surface area contributed by atoms with Crippen molar-refractivity contribution in [3.05, 3.63) is 40.6 Å². The molecule has 1 amide bonds. The van der Waals surface area contributed by atoms with Crippen molar-refractivity contribution in [2.45, 2.75) is 6.61 Å². The highest BCUT2D eigenvalue weighted by molar-refractivity contribution is 7.08. The predicted octanol–water partition coefficient (Wildman–Crippen LogP) is 4.03. The third kappa shape index (κ3) is 2.00.